The fourth-order valence-corrected chi connectivity index (χ4v) is 10.2. The van der Waals surface area contributed by atoms with Crippen molar-refractivity contribution in [3.05, 3.63) is 297 Å². The Balaban J connectivity index is 0.878. The van der Waals surface area contributed by atoms with Crippen LogP contribution in [0.3, 0.4) is 0 Å². The summed E-state index contributed by atoms with van der Waals surface area (Å²) in [6, 6.07) is 62.4. The number of esters is 4. The van der Waals surface area contributed by atoms with E-state index in [1.54, 1.807) is 76.2 Å². The van der Waals surface area contributed by atoms with Gasteiger partial charge in [-0.25, -0.2) is 19.2 Å². The molecule has 374 valence electrons. The Bertz CT molecular complexity index is 3340. The summed E-state index contributed by atoms with van der Waals surface area (Å²) < 4.78 is 29.3. The molecule has 0 N–H and O–H groups in total. The maximum atomic E-state index is 13.6. The molecule has 0 unspecified atom stereocenters. The highest BCUT2D eigenvalue weighted by Crippen LogP contribution is 2.56. The van der Waals surface area contributed by atoms with E-state index in [-0.39, 0.29) is 11.1 Å². The van der Waals surface area contributed by atoms with E-state index in [4.69, 9.17) is 23.7 Å². The Kier molecular flexibility index (Phi) is 13.6. The van der Waals surface area contributed by atoms with Crippen LogP contribution in [0.4, 0.5) is 0 Å². The van der Waals surface area contributed by atoms with E-state index in [9.17, 15) is 19.2 Å². The SMILES string of the molecule is C=C(C)C(=O)Oc1ccc(C2(c3ccc(OC(=O)/C(C)=C/C=C(C)C(=O)Oc4ccc(C5(c6ccc(OC(=O)C(=C)C)cc6)c6ccccc6Oc6ccccc65)cc4)cc3)c3ccccc3Cc3ccccc32)cc1. The monoisotopic (exact) mass is 1000 g/mol. The highest BCUT2D eigenvalue weighted by molar-refractivity contribution is 5.93. The second kappa shape index (κ2) is 20.7. The van der Waals surface area contributed by atoms with Gasteiger partial charge in [-0.05, 0) is 139 Å². The lowest BCUT2D eigenvalue weighted by molar-refractivity contribution is -0.131. The van der Waals surface area contributed by atoms with Crippen LogP contribution < -0.4 is 23.7 Å². The van der Waals surface area contributed by atoms with E-state index in [2.05, 4.69) is 37.4 Å². The summed E-state index contributed by atoms with van der Waals surface area (Å²) >= 11 is 0. The third kappa shape index (κ3) is 9.24. The van der Waals surface area contributed by atoms with Crippen molar-refractivity contribution in [3.8, 4) is 34.5 Å². The lowest BCUT2D eigenvalue weighted by Crippen LogP contribution is -2.36. The molecule has 0 radical (unpaired) electrons. The van der Waals surface area contributed by atoms with E-state index in [0.29, 0.717) is 45.6 Å². The van der Waals surface area contributed by atoms with Crippen LogP contribution in [0.5, 0.6) is 34.5 Å². The van der Waals surface area contributed by atoms with E-state index in [1.165, 1.54) is 23.3 Å². The van der Waals surface area contributed by atoms with Gasteiger partial charge in [0, 0.05) is 33.4 Å². The van der Waals surface area contributed by atoms with Gasteiger partial charge >= 0.3 is 23.9 Å². The van der Waals surface area contributed by atoms with Crippen LogP contribution >= 0.6 is 0 Å². The third-order valence-electron chi connectivity index (χ3n) is 13.9. The van der Waals surface area contributed by atoms with Gasteiger partial charge in [0.05, 0.1) is 10.8 Å². The van der Waals surface area contributed by atoms with Gasteiger partial charge in [0.1, 0.15) is 34.5 Å². The molecule has 1 aliphatic carbocycles. The molecule has 0 fully saturated rings. The van der Waals surface area contributed by atoms with Gasteiger partial charge in [-0.2, -0.15) is 0 Å². The summed E-state index contributed by atoms with van der Waals surface area (Å²) in [5, 5.41) is 0. The van der Waals surface area contributed by atoms with Crippen LogP contribution in [0.1, 0.15) is 83.3 Å². The smallest absolute Gasteiger partial charge is 0.339 e. The van der Waals surface area contributed by atoms with E-state index < -0.39 is 34.7 Å². The quantitative estimate of drug-likeness (QED) is 0.0482. The minimum atomic E-state index is -0.881. The number of hydrogen-bond donors (Lipinski definition) is 0. The van der Waals surface area contributed by atoms with Gasteiger partial charge in [-0.15, -0.1) is 0 Å². The summed E-state index contributed by atoms with van der Waals surface area (Å²) in [5.41, 5.74) is 9.57. The Hall–Kier alpha value is -9.60. The molecular formula is C67H52O9. The van der Waals surface area contributed by atoms with Crippen molar-refractivity contribution >= 4 is 23.9 Å². The number of rotatable bonds is 13. The van der Waals surface area contributed by atoms with Crippen LogP contribution in [-0.2, 0) is 36.4 Å². The van der Waals surface area contributed by atoms with Crippen molar-refractivity contribution in [2.75, 3.05) is 0 Å². The normalized spacial score (nSPS) is 13.7. The summed E-state index contributed by atoms with van der Waals surface area (Å²) in [5.74, 6) is 0.636. The van der Waals surface area contributed by atoms with Gasteiger partial charge in [0.2, 0.25) is 0 Å². The molecule has 0 aromatic heterocycles. The molecule has 76 heavy (non-hydrogen) atoms. The van der Waals surface area contributed by atoms with Crippen LogP contribution in [0.25, 0.3) is 0 Å². The molecule has 9 heteroatoms. The summed E-state index contributed by atoms with van der Waals surface area (Å²) in [7, 11) is 0. The number of para-hydroxylation sites is 2. The average Bonchev–Trinajstić information content (AvgIpc) is 3.52. The molecule has 1 aliphatic heterocycles. The molecule has 9 nitrogen and oxygen atoms in total. The lowest BCUT2D eigenvalue weighted by Gasteiger charge is -2.42. The third-order valence-corrected chi connectivity index (χ3v) is 13.9. The van der Waals surface area contributed by atoms with Gasteiger partial charge < -0.3 is 23.7 Å². The van der Waals surface area contributed by atoms with E-state index in [1.807, 2.05) is 121 Å². The first kappa shape index (κ1) is 50.0. The second-order valence-electron chi connectivity index (χ2n) is 19.0. The number of carbonyl (C=O) groups is 4. The highest BCUT2D eigenvalue weighted by Gasteiger charge is 2.46. The number of benzene rings is 8. The molecule has 1 heterocycles. The molecule has 0 amide bonds. The Labute approximate surface area is 441 Å². The average molecular weight is 1000 g/mol. The van der Waals surface area contributed by atoms with Gasteiger partial charge in [-0.3, -0.25) is 0 Å². The topological polar surface area (TPSA) is 114 Å². The fourth-order valence-electron chi connectivity index (χ4n) is 10.2. The highest BCUT2D eigenvalue weighted by atomic mass is 16.5. The largest absolute Gasteiger partial charge is 0.457 e. The molecular weight excluding hydrogens is 949 g/mol. The van der Waals surface area contributed by atoms with Crippen LogP contribution in [0, 0.1) is 0 Å². The Morgan fingerprint density at radius 2 is 0.658 bits per heavy atom. The predicted molar refractivity (Wildman–Crippen MR) is 292 cm³/mol. The van der Waals surface area contributed by atoms with E-state index in [0.717, 1.165) is 50.9 Å². The number of allylic oxidation sites excluding steroid dienone is 2. The molecule has 2 aliphatic rings. The summed E-state index contributed by atoms with van der Waals surface area (Å²) in [6.45, 7) is 13.9. The van der Waals surface area contributed by atoms with Crippen molar-refractivity contribution in [2.24, 2.45) is 0 Å². The first-order chi connectivity index (χ1) is 36.8. The lowest BCUT2D eigenvalue weighted by atomic mass is 9.60. The molecule has 0 saturated heterocycles. The van der Waals surface area contributed by atoms with Crippen molar-refractivity contribution in [1.82, 2.24) is 0 Å². The van der Waals surface area contributed by atoms with Crippen molar-refractivity contribution in [2.45, 2.75) is 44.9 Å². The minimum absolute atomic E-state index is 0.261. The second-order valence-corrected chi connectivity index (χ2v) is 19.0. The first-order valence-corrected chi connectivity index (χ1v) is 24.8. The zero-order valence-corrected chi connectivity index (χ0v) is 42.4. The number of fused-ring (bicyclic) bond motifs is 4. The molecule has 8 aromatic carbocycles. The molecule has 0 spiro atoms. The Morgan fingerprint density at radius 1 is 0.382 bits per heavy atom. The van der Waals surface area contributed by atoms with Crippen molar-refractivity contribution in [3.63, 3.8) is 0 Å². The van der Waals surface area contributed by atoms with Gasteiger partial charge in [0.15, 0.2) is 0 Å². The summed E-state index contributed by atoms with van der Waals surface area (Å²) in [6.07, 6.45) is 3.83. The van der Waals surface area contributed by atoms with Crippen molar-refractivity contribution < 1.29 is 42.9 Å². The molecule has 8 aromatic rings. The van der Waals surface area contributed by atoms with Crippen LogP contribution in [0.15, 0.2) is 242 Å². The standard InChI is InChI=1S/C67H52O9/c1-42(2)62(68)72-52-33-25-48(26-34-52)66(56-17-9-7-15-46(56)41-47-16-8-10-18-57(47)66)49-27-37-54(38-28-49)74-64(70)44(5)23-24-45(6)65(71)75-55-39-31-51(32-40-55)67(50-29-35-53(36-30-50)73-63(69)43(3)4)58-19-11-13-21-60(58)76-61-22-14-12-20-59(61)67/h7-40H,1,3,41H2,2,4-6H3/b44-23+,45-24?. The van der Waals surface area contributed by atoms with Gasteiger partial charge in [-0.1, -0.05) is 159 Å². The maximum Gasteiger partial charge on any atom is 0.339 e. The first-order valence-electron chi connectivity index (χ1n) is 24.8. The van der Waals surface area contributed by atoms with E-state index >= 15 is 0 Å². The fraction of sp³-hybridized carbons (Fsp3) is 0.104. The van der Waals surface area contributed by atoms with Crippen molar-refractivity contribution in [1.29, 1.82) is 0 Å². The molecule has 0 atom stereocenters. The molecule has 0 bridgehead atoms. The zero-order valence-electron chi connectivity index (χ0n) is 42.4. The zero-order chi connectivity index (χ0) is 53.1. The predicted octanol–water partition coefficient (Wildman–Crippen LogP) is 13.8. The van der Waals surface area contributed by atoms with Crippen LogP contribution in [-0.4, -0.2) is 23.9 Å². The van der Waals surface area contributed by atoms with Gasteiger partial charge in [0.25, 0.3) is 0 Å². The number of carbonyl (C=O) groups excluding carboxylic acids is 4. The number of hydrogen-bond acceptors (Lipinski definition) is 9. The van der Waals surface area contributed by atoms with Crippen LogP contribution in [0.2, 0.25) is 0 Å². The minimum Gasteiger partial charge on any atom is -0.457 e. The maximum absolute atomic E-state index is 13.6. The molecule has 0 saturated carbocycles. The number of ether oxygens (including phenoxy) is 5. The Morgan fingerprint density at radius 3 is 0.987 bits per heavy atom. The molecule has 10 rings (SSSR count). The summed E-state index contributed by atoms with van der Waals surface area (Å²) in [4.78, 5) is 51.9.